The third-order valence-electron chi connectivity index (χ3n) is 6.74. The Bertz CT molecular complexity index is 817. The number of nitrogens with zero attached hydrogens (tertiary/aromatic N) is 1. The maximum absolute atomic E-state index is 13.7. The summed E-state index contributed by atoms with van der Waals surface area (Å²) in [5, 5.41) is 9.56. The van der Waals surface area contributed by atoms with Crippen molar-refractivity contribution < 1.29 is 19.5 Å². The van der Waals surface area contributed by atoms with E-state index in [1.54, 1.807) is 4.90 Å². The molecule has 188 valence electrons. The number of unbranched alkanes of at least 4 members (excludes halogenated alkanes) is 1. The molecule has 5 nitrogen and oxygen atoms in total. The lowest BCUT2D eigenvalue weighted by Crippen LogP contribution is -2.44. The number of hydrogen-bond acceptors (Lipinski definition) is 3. The van der Waals surface area contributed by atoms with Gasteiger partial charge in [0.2, 0.25) is 5.91 Å². The molecule has 1 unspecified atom stereocenters. The van der Waals surface area contributed by atoms with Gasteiger partial charge in [-0.3, -0.25) is 14.4 Å². The highest BCUT2D eigenvalue weighted by Gasteiger charge is 2.37. The van der Waals surface area contributed by atoms with Crippen molar-refractivity contribution in [2.24, 2.45) is 23.7 Å². The van der Waals surface area contributed by atoms with Crippen molar-refractivity contribution in [3.63, 3.8) is 0 Å². The van der Waals surface area contributed by atoms with Gasteiger partial charge in [0.15, 0.2) is 5.78 Å². The summed E-state index contributed by atoms with van der Waals surface area (Å²) in [7, 11) is 0. The molecule has 1 aliphatic rings. The zero-order valence-corrected chi connectivity index (χ0v) is 21.4. The molecule has 1 amide bonds. The number of carboxylic acids is 1. The second kappa shape index (κ2) is 14.1. The SMILES string of the molecule is CCCCC(CC(=O)[C@H]1CCCN1C(=O)[C@H](/C=C/[C@@H](C)CC(C)C)Cc1ccccc1)C(=O)O. The zero-order chi connectivity index (χ0) is 25.1. The minimum atomic E-state index is -0.915. The first-order valence-electron chi connectivity index (χ1n) is 13.0. The first kappa shape index (κ1) is 27.8. The van der Waals surface area contributed by atoms with E-state index in [1.165, 1.54) is 0 Å². The molecule has 0 bridgehead atoms. The molecular formula is C29H43NO4. The topological polar surface area (TPSA) is 74.7 Å². The molecule has 1 fully saturated rings. The van der Waals surface area contributed by atoms with Crippen LogP contribution in [0.25, 0.3) is 0 Å². The van der Waals surface area contributed by atoms with Crippen molar-refractivity contribution in [3.05, 3.63) is 48.0 Å². The Hall–Kier alpha value is -2.43. The molecule has 5 heteroatoms. The van der Waals surface area contributed by atoms with Crippen molar-refractivity contribution in [3.8, 4) is 0 Å². The number of amides is 1. The zero-order valence-electron chi connectivity index (χ0n) is 21.4. The molecule has 1 aromatic rings. The van der Waals surface area contributed by atoms with Crippen molar-refractivity contribution in [2.45, 2.75) is 85.1 Å². The first-order chi connectivity index (χ1) is 16.2. The van der Waals surface area contributed by atoms with Gasteiger partial charge in [-0.15, -0.1) is 0 Å². The third kappa shape index (κ3) is 8.73. The lowest BCUT2D eigenvalue weighted by Gasteiger charge is -2.28. The Morgan fingerprint density at radius 2 is 1.82 bits per heavy atom. The summed E-state index contributed by atoms with van der Waals surface area (Å²) in [6.45, 7) is 9.14. The summed E-state index contributed by atoms with van der Waals surface area (Å²) in [5.41, 5.74) is 1.09. The van der Waals surface area contributed by atoms with E-state index in [1.807, 2.05) is 43.3 Å². The fourth-order valence-electron chi connectivity index (χ4n) is 4.97. The van der Waals surface area contributed by atoms with E-state index in [0.717, 1.165) is 31.2 Å². The maximum atomic E-state index is 13.7. The fraction of sp³-hybridized carbons (Fsp3) is 0.621. The van der Waals surface area contributed by atoms with Crippen molar-refractivity contribution in [1.29, 1.82) is 0 Å². The summed E-state index contributed by atoms with van der Waals surface area (Å²) in [6, 6.07) is 9.48. The van der Waals surface area contributed by atoms with E-state index >= 15 is 0 Å². The van der Waals surface area contributed by atoms with Crippen LogP contribution in [0.2, 0.25) is 0 Å². The van der Waals surface area contributed by atoms with Crippen molar-refractivity contribution in [1.82, 2.24) is 4.90 Å². The molecule has 0 saturated carbocycles. The molecule has 0 radical (unpaired) electrons. The van der Waals surface area contributed by atoms with Crippen LogP contribution in [0.15, 0.2) is 42.5 Å². The number of carbonyl (C=O) groups is 3. The van der Waals surface area contributed by atoms with E-state index in [-0.39, 0.29) is 24.0 Å². The normalized spacial score (nSPS) is 18.9. The van der Waals surface area contributed by atoms with Crippen LogP contribution in [0.5, 0.6) is 0 Å². The second-order valence-electron chi connectivity index (χ2n) is 10.3. The lowest BCUT2D eigenvalue weighted by atomic mass is 9.91. The van der Waals surface area contributed by atoms with Crippen molar-refractivity contribution >= 4 is 17.7 Å². The second-order valence-corrected chi connectivity index (χ2v) is 10.3. The van der Waals surface area contributed by atoms with Crippen LogP contribution in [-0.2, 0) is 20.8 Å². The van der Waals surface area contributed by atoms with E-state index in [9.17, 15) is 19.5 Å². The molecule has 0 spiro atoms. The fourth-order valence-corrected chi connectivity index (χ4v) is 4.97. The monoisotopic (exact) mass is 469 g/mol. The molecule has 4 atom stereocenters. The molecule has 0 aliphatic carbocycles. The van der Waals surface area contributed by atoms with Gasteiger partial charge in [-0.25, -0.2) is 0 Å². The van der Waals surface area contributed by atoms with Crippen LogP contribution in [-0.4, -0.2) is 40.3 Å². The van der Waals surface area contributed by atoms with Gasteiger partial charge in [0.05, 0.1) is 17.9 Å². The Labute approximate surface area is 205 Å². The van der Waals surface area contributed by atoms with Gasteiger partial charge in [0.25, 0.3) is 0 Å². The Morgan fingerprint density at radius 3 is 2.44 bits per heavy atom. The smallest absolute Gasteiger partial charge is 0.306 e. The van der Waals surface area contributed by atoms with Gasteiger partial charge in [-0.2, -0.15) is 0 Å². The number of benzene rings is 1. The quantitative estimate of drug-likeness (QED) is 0.343. The average Bonchev–Trinajstić information content (AvgIpc) is 3.29. The molecule has 1 aromatic carbocycles. The summed E-state index contributed by atoms with van der Waals surface area (Å²) in [5.74, 6) is -1.09. The number of aliphatic carboxylic acids is 1. The van der Waals surface area contributed by atoms with E-state index in [0.29, 0.717) is 37.6 Å². The number of ketones is 1. The summed E-state index contributed by atoms with van der Waals surface area (Å²) < 4.78 is 0. The van der Waals surface area contributed by atoms with Crippen molar-refractivity contribution in [2.75, 3.05) is 6.54 Å². The van der Waals surface area contributed by atoms with Crippen LogP contribution in [0.1, 0.15) is 78.2 Å². The first-order valence-corrected chi connectivity index (χ1v) is 13.0. The number of Topliss-reactive ketones (excluding diaryl/α,β-unsaturated/α-hetero) is 1. The van der Waals surface area contributed by atoms with Gasteiger partial charge in [0.1, 0.15) is 0 Å². The molecular weight excluding hydrogens is 426 g/mol. The number of hydrogen-bond donors (Lipinski definition) is 1. The number of carboxylic acid groups (broad SMARTS) is 1. The van der Waals surface area contributed by atoms with Gasteiger partial charge >= 0.3 is 5.97 Å². The third-order valence-corrected chi connectivity index (χ3v) is 6.74. The van der Waals surface area contributed by atoms with Crippen LogP contribution in [0.3, 0.4) is 0 Å². The standard InChI is InChI=1S/C29H43NO4/c1-5-6-13-25(29(33)34)20-27(31)26-14-10-17-30(26)28(32)24(16-15-22(4)18-21(2)3)19-23-11-8-7-9-12-23/h7-9,11-12,15-16,21-22,24-26H,5-6,10,13-14,17-20H2,1-4H3,(H,33,34)/b16-15+/t22-,24-,25?,26-/m1/s1. The molecule has 2 rings (SSSR count). The van der Waals surface area contributed by atoms with Gasteiger partial charge in [-0.05, 0) is 49.5 Å². The number of allylic oxidation sites excluding steroid dienone is 1. The Morgan fingerprint density at radius 1 is 1.12 bits per heavy atom. The molecule has 1 N–H and O–H groups in total. The Balaban J connectivity index is 2.18. The molecule has 34 heavy (non-hydrogen) atoms. The minimum Gasteiger partial charge on any atom is -0.481 e. The summed E-state index contributed by atoms with van der Waals surface area (Å²) in [4.78, 5) is 40.2. The average molecular weight is 470 g/mol. The highest BCUT2D eigenvalue weighted by atomic mass is 16.4. The van der Waals surface area contributed by atoms with Gasteiger partial charge in [-0.1, -0.05) is 83.0 Å². The van der Waals surface area contributed by atoms with E-state index in [2.05, 4.69) is 26.8 Å². The number of carbonyl (C=O) groups excluding carboxylic acids is 2. The summed E-state index contributed by atoms with van der Waals surface area (Å²) >= 11 is 0. The number of rotatable bonds is 14. The highest BCUT2D eigenvalue weighted by Crippen LogP contribution is 2.26. The number of likely N-dealkylation sites (tertiary alicyclic amines) is 1. The lowest BCUT2D eigenvalue weighted by molar-refractivity contribution is -0.145. The van der Waals surface area contributed by atoms with Crippen LogP contribution in [0, 0.1) is 23.7 Å². The summed E-state index contributed by atoms with van der Waals surface area (Å²) in [6.07, 6.45) is 9.42. The van der Waals surface area contributed by atoms with E-state index in [4.69, 9.17) is 0 Å². The maximum Gasteiger partial charge on any atom is 0.306 e. The molecule has 1 heterocycles. The highest BCUT2D eigenvalue weighted by molar-refractivity contribution is 5.92. The largest absolute Gasteiger partial charge is 0.481 e. The predicted molar refractivity (Wildman–Crippen MR) is 136 cm³/mol. The van der Waals surface area contributed by atoms with Crippen LogP contribution >= 0.6 is 0 Å². The predicted octanol–water partition coefficient (Wildman–Crippen LogP) is 5.92. The van der Waals surface area contributed by atoms with E-state index < -0.39 is 17.9 Å². The molecule has 1 aliphatic heterocycles. The van der Waals surface area contributed by atoms with Gasteiger partial charge in [0, 0.05) is 13.0 Å². The Kier molecular flexibility index (Phi) is 11.5. The van der Waals surface area contributed by atoms with Gasteiger partial charge < -0.3 is 10.0 Å². The minimum absolute atomic E-state index is 0.00833. The van der Waals surface area contributed by atoms with Crippen LogP contribution < -0.4 is 0 Å². The van der Waals surface area contributed by atoms with Crippen LogP contribution in [0.4, 0.5) is 0 Å². The molecule has 0 aromatic heterocycles. The molecule has 1 saturated heterocycles.